The van der Waals surface area contributed by atoms with E-state index in [4.69, 9.17) is 19.2 Å². The van der Waals surface area contributed by atoms with E-state index in [-0.39, 0.29) is 11.6 Å². The number of anilines is 1. The number of carbonyl (C=O) groups is 2. The Balaban J connectivity index is 0.000000500. The van der Waals surface area contributed by atoms with Crippen LogP contribution >= 0.6 is 7.82 Å². The van der Waals surface area contributed by atoms with E-state index in [2.05, 4.69) is 11.8 Å². The first-order valence-corrected chi connectivity index (χ1v) is 10.5. The van der Waals surface area contributed by atoms with E-state index in [1.54, 1.807) is 30.3 Å². The Kier molecular flexibility index (Phi) is 7.27. The van der Waals surface area contributed by atoms with Crippen LogP contribution in [0.4, 0.5) is 5.69 Å². The first-order chi connectivity index (χ1) is 13.1. The molecule has 28 heavy (non-hydrogen) atoms. The van der Waals surface area contributed by atoms with Gasteiger partial charge in [0.25, 0.3) is 0 Å². The van der Waals surface area contributed by atoms with Crippen molar-refractivity contribution in [2.75, 3.05) is 18.5 Å². The molecule has 0 spiro atoms. The predicted molar refractivity (Wildman–Crippen MR) is 107 cm³/mol. The molecule has 0 aliphatic heterocycles. The lowest BCUT2D eigenvalue weighted by atomic mass is 9.84. The molecule has 8 heteroatoms. The number of phosphoric acid groups is 1. The van der Waals surface area contributed by atoms with Crippen LogP contribution in [0, 0.1) is 0 Å². The van der Waals surface area contributed by atoms with Crippen LogP contribution in [0.2, 0.25) is 0 Å². The minimum absolute atomic E-state index is 0.0565. The maximum Gasteiger partial charge on any atom is 0.466 e. The number of nitrogens with zero attached hydrogens (tertiary/aromatic N) is 1. The Labute approximate surface area is 163 Å². The highest BCUT2D eigenvalue weighted by atomic mass is 31.2. The highest BCUT2D eigenvalue weighted by molar-refractivity contribution is 7.45. The maximum absolute atomic E-state index is 12.7. The first kappa shape index (κ1) is 22.0. The SMILES string of the molecule is CCCCCN(C)c1ccc2c(c1)C(=O)c1ccccc1C2=O.O=P(O)(O)O. The molecule has 0 bridgehead atoms. The first-order valence-electron chi connectivity index (χ1n) is 8.95. The molecule has 0 heterocycles. The molecule has 0 saturated heterocycles. The van der Waals surface area contributed by atoms with E-state index in [9.17, 15) is 9.59 Å². The van der Waals surface area contributed by atoms with E-state index >= 15 is 0 Å². The van der Waals surface area contributed by atoms with Crippen LogP contribution in [0.15, 0.2) is 42.5 Å². The van der Waals surface area contributed by atoms with Gasteiger partial charge in [0.2, 0.25) is 0 Å². The van der Waals surface area contributed by atoms with Crippen LogP contribution in [-0.4, -0.2) is 39.8 Å². The van der Waals surface area contributed by atoms with Gasteiger partial charge in [-0.1, -0.05) is 44.0 Å². The molecule has 0 radical (unpaired) electrons. The number of unbranched alkanes of at least 4 members (excludes halogenated alkanes) is 2. The van der Waals surface area contributed by atoms with Gasteiger partial charge in [0.1, 0.15) is 0 Å². The fraction of sp³-hybridized carbons (Fsp3) is 0.300. The van der Waals surface area contributed by atoms with Gasteiger partial charge in [-0.15, -0.1) is 0 Å². The van der Waals surface area contributed by atoms with Crippen molar-refractivity contribution in [3.63, 3.8) is 0 Å². The van der Waals surface area contributed by atoms with Gasteiger partial charge >= 0.3 is 7.82 Å². The molecule has 0 atom stereocenters. The van der Waals surface area contributed by atoms with Gasteiger partial charge in [0, 0.05) is 41.5 Å². The van der Waals surface area contributed by atoms with Crippen molar-refractivity contribution in [1.29, 1.82) is 0 Å². The van der Waals surface area contributed by atoms with E-state index in [0.29, 0.717) is 22.3 Å². The summed E-state index contributed by atoms with van der Waals surface area (Å²) in [5.41, 5.74) is 3.04. The second-order valence-electron chi connectivity index (χ2n) is 6.58. The summed E-state index contributed by atoms with van der Waals surface area (Å²) in [6, 6.07) is 12.6. The van der Waals surface area contributed by atoms with Gasteiger partial charge in [0.05, 0.1) is 0 Å². The molecular weight excluding hydrogens is 381 g/mol. The standard InChI is InChI=1S/C20H21NO2.H3O4P/c1-3-4-7-12-21(2)14-10-11-17-18(13-14)20(23)16-9-6-5-8-15(16)19(17)22;1-5(2,3)4/h5-6,8-11,13H,3-4,7,12H2,1-2H3;(H3,1,2,3,4). The van der Waals surface area contributed by atoms with Crippen LogP contribution in [0.3, 0.4) is 0 Å². The zero-order chi connectivity index (χ0) is 20.9. The van der Waals surface area contributed by atoms with E-state index in [1.165, 1.54) is 12.8 Å². The van der Waals surface area contributed by atoms with E-state index in [0.717, 1.165) is 18.7 Å². The molecule has 1 aliphatic rings. The molecule has 0 fully saturated rings. The average molecular weight is 405 g/mol. The Morgan fingerprint density at radius 1 is 0.857 bits per heavy atom. The normalized spacial score (nSPS) is 12.6. The van der Waals surface area contributed by atoms with Crippen molar-refractivity contribution >= 4 is 25.1 Å². The molecular formula is C20H24NO6P. The highest BCUT2D eigenvalue weighted by Gasteiger charge is 2.29. The lowest BCUT2D eigenvalue weighted by Crippen LogP contribution is -2.23. The quantitative estimate of drug-likeness (QED) is 0.441. The van der Waals surface area contributed by atoms with Crippen molar-refractivity contribution in [3.05, 3.63) is 64.7 Å². The predicted octanol–water partition coefficient (Wildman–Crippen LogP) is 3.16. The largest absolute Gasteiger partial charge is 0.466 e. The van der Waals surface area contributed by atoms with Crippen LogP contribution in [0.5, 0.6) is 0 Å². The van der Waals surface area contributed by atoms with Crippen LogP contribution in [-0.2, 0) is 4.57 Å². The van der Waals surface area contributed by atoms with Gasteiger partial charge in [-0.05, 0) is 24.6 Å². The summed E-state index contributed by atoms with van der Waals surface area (Å²) in [5.74, 6) is -0.116. The second-order valence-corrected chi connectivity index (χ2v) is 7.60. The molecule has 0 amide bonds. The molecule has 7 nitrogen and oxygen atoms in total. The molecule has 0 saturated carbocycles. The molecule has 2 aromatic carbocycles. The molecule has 3 rings (SSSR count). The van der Waals surface area contributed by atoms with Gasteiger partial charge < -0.3 is 19.6 Å². The van der Waals surface area contributed by atoms with E-state index < -0.39 is 7.82 Å². The number of fused-ring (bicyclic) bond motifs is 2. The number of benzene rings is 2. The number of hydrogen-bond donors (Lipinski definition) is 3. The monoisotopic (exact) mass is 405 g/mol. The number of ketones is 2. The topological polar surface area (TPSA) is 115 Å². The summed E-state index contributed by atoms with van der Waals surface area (Å²) in [7, 11) is -2.61. The molecule has 150 valence electrons. The van der Waals surface area contributed by atoms with Gasteiger partial charge in [-0.2, -0.15) is 0 Å². The third kappa shape index (κ3) is 5.59. The molecule has 0 aromatic heterocycles. The zero-order valence-electron chi connectivity index (χ0n) is 15.8. The van der Waals surface area contributed by atoms with Crippen LogP contribution < -0.4 is 4.90 Å². The minimum Gasteiger partial charge on any atom is -0.375 e. The van der Waals surface area contributed by atoms with Gasteiger partial charge in [0.15, 0.2) is 11.6 Å². The summed E-state index contributed by atoms with van der Waals surface area (Å²) >= 11 is 0. The molecule has 0 unspecified atom stereocenters. The summed E-state index contributed by atoms with van der Waals surface area (Å²) in [4.78, 5) is 49.0. The van der Waals surface area contributed by atoms with Crippen molar-refractivity contribution < 1.29 is 28.8 Å². The fourth-order valence-electron chi connectivity index (χ4n) is 3.05. The highest BCUT2D eigenvalue weighted by Crippen LogP contribution is 2.30. The summed E-state index contributed by atoms with van der Waals surface area (Å²) in [6.45, 7) is 3.13. The van der Waals surface area contributed by atoms with Gasteiger partial charge in [-0.25, -0.2) is 4.57 Å². The van der Waals surface area contributed by atoms with Gasteiger partial charge in [-0.3, -0.25) is 9.59 Å². The Bertz CT molecular complexity index is 912. The van der Waals surface area contributed by atoms with Crippen molar-refractivity contribution in [2.45, 2.75) is 26.2 Å². The second kappa shape index (κ2) is 9.26. The van der Waals surface area contributed by atoms with Crippen molar-refractivity contribution in [1.82, 2.24) is 0 Å². The fourth-order valence-corrected chi connectivity index (χ4v) is 3.05. The summed E-state index contributed by atoms with van der Waals surface area (Å²) in [5, 5.41) is 0. The Morgan fingerprint density at radius 3 is 1.89 bits per heavy atom. The lowest BCUT2D eigenvalue weighted by molar-refractivity contribution is 0.0979. The lowest BCUT2D eigenvalue weighted by Gasteiger charge is -2.23. The molecule has 3 N–H and O–H groups in total. The third-order valence-electron chi connectivity index (χ3n) is 4.45. The smallest absolute Gasteiger partial charge is 0.375 e. The van der Waals surface area contributed by atoms with Crippen LogP contribution in [0.1, 0.15) is 58.0 Å². The number of carbonyl (C=O) groups excluding carboxylic acids is 2. The van der Waals surface area contributed by atoms with Crippen molar-refractivity contribution in [2.24, 2.45) is 0 Å². The third-order valence-corrected chi connectivity index (χ3v) is 4.45. The van der Waals surface area contributed by atoms with Crippen molar-refractivity contribution in [3.8, 4) is 0 Å². The average Bonchev–Trinajstić information content (AvgIpc) is 2.64. The molecule has 2 aromatic rings. The number of rotatable bonds is 5. The summed E-state index contributed by atoms with van der Waals surface area (Å²) < 4.78 is 8.88. The van der Waals surface area contributed by atoms with Crippen LogP contribution in [0.25, 0.3) is 0 Å². The number of hydrogen-bond acceptors (Lipinski definition) is 4. The Hall–Kier alpha value is -2.31. The summed E-state index contributed by atoms with van der Waals surface area (Å²) in [6.07, 6.45) is 3.50. The zero-order valence-corrected chi connectivity index (χ0v) is 16.7. The van der Waals surface area contributed by atoms with E-state index in [1.807, 2.05) is 19.2 Å². The Morgan fingerprint density at radius 2 is 1.36 bits per heavy atom. The minimum atomic E-state index is -4.64. The maximum atomic E-state index is 12.7. The molecule has 1 aliphatic carbocycles.